The first-order chi connectivity index (χ1) is 13.2. The normalized spacial score (nSPS) is 15.7. The summed E-state index contributed by atoms with van der Waals surface area (Å²) in [5.41, 5.74) is 1.81. The van der Waals surface area contributed by atoms with Crippen LogP contribution in [0, 0.1) is 0 Å². The zero-order chi connectivity index (χ0) is 18.8. The second kappa shape index (κ2) is 7.29. The van der Waals surface area contributed by atoms with Gasteiger partial charge in [-0.25, -0.2) is 0 Å². The highest BCUT2D eigenvalue weighted by atomic mass is 32.2. The summed E-state index contributed by atoms with van der Waals surface area (Å²) in [7, 11) is 1.60. The van der Waals surface area contributed by atoms with Gasteiger partial charge in [0.25, 0.3) is 11.1 Å². The number of rotatable bonds is 4. The van der Waals surface area contributed by atoms with Gasteiger partial charge in [-0.05, 0) is 51.9 Å². The molecule has 3 aromatic carbocycles. The van der Waals surface area contributed by atoms with Crippen LogP contribution in [0.5, 0.6) is 5.75 Å². The summed E-state index contributed by atoms with van der Waals surface area (Å²) in [6.45, 7) is 0.270. The molecule has 0 aliphatic carbocycles. The lowest BCUT2D eigenvalue weighted by Crippen LogP contribution is -2.27. The van der Waals surface area contributed by atoms with Crippen LogP contribution >= 0.6 is 11.8 Å². The Kier molecular flexibility index (Phi) is 4.69. The number of thioether (sulfide) groups is 1. The number of methoxy groups -OCH3 is 1. The van der Waals surface area contributed by atoms with E-state index in [1.807, 2.05) is 66.7 Å². The molecule has 0 unspecified atom stereocenters. The average Bonchev–Trinajstić information content (AvgIpc) is 2.96. The molecule has 5 heteroatoms. The molecule has 1 aliphatic heterocycles. The first-order valence-electron chi connectivity index (χ1n) is 8.52. The number of amides is 2. The van der Waals surface area contributed by atoms with E-state index in [0.717, 1.165) is 39.4 Å². The van der Waals surface area contributed by atoms with Crippen molar-refractivity contribution in [2.24, 2.45) is 0 Å². The van der Waals surface area contributed by atoms with Crippen LogP contribution in [0.2, 0.25) is 0 Å². The van der Waals surface area contributed by atoms with Gasteiger partial charge in [0.15, 0.2) is 0 Å². The van der Waals surface area contributed by atoms with Gasteiger partial charge in [0.05, 0.1) is 18.6 Å². The lowest BCUT2D eigenvalue weighted by Gasteiger charge is -2.14. The van der Waals surface area contributed by atoms with E-state index in [1.165, 1.54) is 4.90 Å². The van der Waals surface area contributed by atoms with E-state index < -0.39 is 0 Å². The molecule has 0 spiro atoms. The number of imide groups is 1. The van der Waals surface area contributed by atoms with E-state index in [-0.39, 0.29) is 17.7 Å². The van der Waals surface area contributed by atoms with Gasteiger partial charge < -0.3 is 4.74 Å². The second-order valence-electron chi connectivity index (χ2n) is 6.18. The molecule has 0 bridgehead atoms. The van der Waals surface area contributed by atoms with E-state index >= 15 is 0 Å². The predicted octanol–water partition coefficient (Wildman–Crippen LogP) is 5.08. The lowest BCUT2D eigenvalue weighted by molar-refractivity contribution is -0.123. The Morgan fingerprint density at radius 2 is 1.70 bits per heavy atom. The summed E-state index contributed by atoms with van der Waals surface area (Å²) < 4.78 is 5.14. The summed E-state index contributed by atoms with van der Waals surface area (Å²) in [6, 6.07) is 21.3. The van der Waals surface area contributed by atoms with Crippen molar-refractivity contribution in [1.29, 1.82) is 0 Å². The number of carbonyl (C=O) groups is 2. The van der Waals surface area contributed by atoms with Crippen molar-refractivity contribution in [3.63, 3.8) is 0 Å². The number of ether oxygens (including phenoxy) is 1. The molecule has 134 valence electrons. The number of hydrogen-bond acceptors (Lipinski definition) is 4. The third-order valence-electron chi connectivity index (χ3n) is 4.50. The number of fused-ring (bicyclic) bond motifs is 1. The zero-order valence-corrected chi connectivity index (χ0v) is 15.5. The Balaban J connectivity index is 1.60. The van der Waals surface area contributed by atoms with Gasteiger partial charge >= 0.3 is 0 Å². The van der Waals surface area contributed by atoms with Gasteiger partial charge in [0.2, 0.25) is 0 Å². The summed E-state index contributed by atoms with van der Waals surface area (Å²) >= 11 is 0.979. The van der Waals surface area contributed by atoms with E-state index in [1.54, 1.807) is 13.2 Å². The molecule has 2 amide bonds. The first-order valence-corrected chi connectivity index (χ1v) is 9.33. The smallest absolute Gasteiger partial charge is 0.293 e. The fourth-order valence-electron chi connectivity index (χ4n) is 3.09. The minimum atomic E-state index is -0.256. The molecular weight excluding hydrogens is 358 g/mol. The maximum atomic E-state index is 12.8. The maximum Gasteiger partial charge on any atom is 0.293 e. The fourth-order valence-corrected chi connectivity index (χ4v) is 3.93. The summed E-state index contributed by atoms with van der Waals surface area (Å²) in [5, 5.41) is 1.90. The number of hydrogen-bond donors (Lipinski definition) is 0. The van der Waals surface area contributed by atoms with Gasteiger partial charge in [-0.3, -0.25) is 14.5 Å². The van der Waals surface area contributed by atoms with E-state index in [4.69, 9.17) is 4.74 Å². The molecule has 0 radical (unpaired) electrons. The van der Waals surface area contributed by atoms with Gasteiger partial charge in [-0.2, -0.15) is 0 Å². The minimum Gasteiger partial charge on any atom is -0.497 e. The molecular formula is C22H17NO3S. The van der Waals surface area contributed by atoms with Gasteiger partial charge in [-0.15, -0.1) is 0 Å². The van der Waals surface area contributed by atoms with Gasteiger partial charge in [0.1, 0.15) is 5.75 Å². The average molecular weight is 375 g/mol. The van der Waals surface area contributed by atoms with Crippen molar-refractivity contribution in [3.05, 3.63) is 82.8 Å². The highest BCUT2D eigenvalue weighted by Gasteiger charge is 2.35. The molecule has 0 aromatic heterocycles. The molecule has 1 saturated heterocycles. The van der Waals surface area contributed by atoms with Crippen molar-refractivity contribution in [3.8, 4) is 5.75 Å². The minimum absolute atomic E-state index is 0.243. The maximum absolute atomic E-state index is 12.8. The van der Waals surface area contributed by atoms with Crippen LogP contribution in [0.4, 0.5) is 4.79 Å². The highest BCUT2D eigenvalue weighted by Crippen LogP contribution is 2.34. The fraction of sp³-hybridized carbons (Fsp3) is 0.0909. The van der Waals surface area contributed by atoms with Crippen LogP contribution in [-0.4, -0.2) is 23.2 Å². The van der Waals surface area contributed by atoms with Crippen LogP contribution in [0.1, 0.15) is 11.1 Å². The topological polar surface area (TPSA) is 46.6 Å². The zero-order valence-electron chi connectivity index (χ0n) is 14.7. The molecule has 3 aromatic rings. The van der Waals surface area contributed by atoms with Crippen molar-refractivity contribution >= 4 is 39.8 Å². The molecule has 27 heavy (non-hydrogen) atoms. The Morgan fingerprint density at radius 1 is 0.963 bits per heavy atom. The molecule has 1 fully saturated rings. The van der Waals surface area contributed by atoms with Crippen LogP contribution in [0.25, 0.3) is 16.8 Å². The Morgan fingerprint density at radius 3 is 2.48 bits per heavy atom. The molecule has 0 N–H and O–H groups in total. The van der Waals surface area contributed by atoms with Gasteiger partial charge in [-0.1, -0.05) is 54.6 Å². The van der Waals surface area contributed by atoms with Crippen molar-refractivity contribution in [1.82, 2.24) is 4.90 Å². The molecule has 1 aliphatic rings. The van der Waals surface area contributed by atoms with Crippen LogP contribution in [0.3, 0.4) is 0 Å². The second-order valence-corrected chi connectivity index (χ2v) is 7.17. The number of benzene rings is 3. The Bertz CT molecular complexity index is 1050. The van der Waals surface area contributed by atoms with Crippen molar-refractivity contribution < 1.29 is 14.3 Å². The highest BCUT2D eigenvalue weighted by molar-refractivity contribution is 8.18. The monoisotopic (exact) mass is 375 g/mol. The van der Waals surface area contributed by atoms with Crippen molar-refractivity contribution in [2.75, 3.05) is 7.11 Å². The molecule has 1 heterocycles. The van der Waals surface area contributed by atoms with E-state index in [0.29, 0.717) is 4.91 Å². The Labute approximate surface area is 161 Å². The lowest BCUT2D eigenvalue weighted by atomic mass is 10.0. The quantitative estimate of drug-likeness (QED) is 0.596. The molecule has 4 rings (SSSR count). The number of nitrogens with zero attached hydrogens (tertiary/aromatic N) is 1. The van der Waals surface area contributed by atoms with Crippen LogP contribution in [0.15, 0.2) is 71.6 Å². The van der Waals surface area contributed by atoms with Crippen LogP contribution in [-0.2, 0) is 11.3 Å². The van der Waals surface area contributed by atoms with Crippen LogP contribution < -0.4 is 4.74 Å². The Hall–Kier alpha value is -3.05. The molecule has 0 atom stereocenters. The molecule has 0 saturated carbocycles. The third-order valence-corrected chi connectivity index (χ3v) is 5.40. The molecule has 4 nitrogen and oxygen atoms in total. The standard InChI is InChI=1S/C22H17NO3S/c1-26-18-11-9-15(10-12-18)13-20-21(24)23(22(25)27-20)14-17-7-4-6-16-5-2-3-8-19(16)17/h2-13H,14H2,1H3/b20-13+. The first kappa shape index (κ1) is 17.4. The van der Waals surface area contributed by atoms with E-state index in [2.05, 4.69) is 0 Å². The largest absolute Gasteiger partial charge is 0.497 e. The number of carbonyl (C=O) groups excluding carboxylic acids is 2. The third kappa shape index (κ3) is 3.46. The SMILES string of the molecule is COc1ccc(/C=C2/SC(=O)N(Cc3cccc4ccccc34)C2=O)cc1. The van der Waals surface area contributed by atoms with E-state index in [9.17, 15) is 9.59 Å². The summed E-state index contributed by atoms with van der Waals surface area (Å²) in [5.74, 6) is 0.491. The predicted molar refractivity (Wildman–Crippen MR) is 108 cm³/mol. The van der Waals surface area contributed by atoms with Crippen molar-refractivity contribution in [2.45, 2.75) is 6.54 Å². The summed E-state index contributed by atoms with van der Waals surface area (Å²) in [6.07, 6.45) is 1.74. The van der Waals surface area contributed by atoms with Gasteiger partial charge in [0, 0.05) is 0 Å². The summed E-state index contributed by atoms with van der Waals surface area (Å²) in [4.78, 5) is 27.0.